The van der Waals surface area contributed by atoms with E-state index in [1.807, 2.05) is 12.1 Å². The van der Waals surface area contributed by atoms with Crippen LogP contribution >= 0.6 is 31.9 Å². The molecule has 0 radical (unpaired) electrons. The summed E-state index contributed by atoms with van der Waals surface area (Å²) in [6, 6.07) is 3.79. The number of carboxylic acids is 1. The molecule has 0 atom stereocenters. The normalized spacial score (nSPS) is 14.4. The van der Waals surface area contributed by atoms with Crippen LogP contribution in [0, 0.1) is 0 Å². The highest BCUT2D eigenvalue weighted by molar-refractivity contribution is 9.13. The fraction of sp³-hybridized carbons (Fsp3) is 0.286. The molecule has 1 saturated carbocycles. The van der Waals surface area contributed by atoms with Gasteiger partial charge in [0.2, 0.25) is 0 Å². The van der Waals surface area contributed by atoms with Gasteiger partial charge in [-0.3, -0.25) is 9.59 Å². The number of H-pyrrole nitrogens is 1. The molecule has 110 valence electrons. The summed E-state index contributed by atoms with van der Waals surface area (Å²) in [5, 5.41) is 9.77. The average Bonchev–Trinajstić information content (AvgIpc) is 3.18. The first-order valence-corrected chi connectivity index (χ1v) is 8.05. The number of carbonyl (C=O) groups excluding carboxylic acids is 1. The van der Waals surface area contributed by atoms with Crippen molar-refractivity contribution in [2.75, 3.05) is 6.54 Å². The van der Waals surface area contributed by atoms with Gasteiger partial charge in [0.15, 0.2) is 0 Å². The number of nitrogens with zero attached hydrogens (tertiary/aromatic N) is 1. The lowest BCUT2D eigenvalue weighted by Gasteiger charge is -2.19. The highest BCUT2D eigenvalue weighted by Gasteiger charge is 2.35. The number of carbonyl (C=O) groups is 2. The van der Waals surface area contributed by atoms with Gasteiger partial charge in [-0.1, -0.05) is 0 Å². The SMILES string of the molecule is O=C(O)CN(C(=O)c1c[nH]c2cc(Br)c(Br)cc12)C1CC1. The zero-order valence-electron chi connectivity index (χ0n) is 10.9. The molecule has 1 fully saturated rings. The second-order valence-electron chi connectivity index (χ2n) is 5.07. The van der Waals surface area contributed by atoms with E-state index < -0.39 is 5.97 Å². The van der Waals surface area contributed by atoms with Gasteiger partial charge in [-0.05, 0) is 56.8 Å². The van der Waals surface area contributed by atoms with Crippen LogP contribution in [0.3, 0.4) is 0 Å². The maximum absolute atomic E-state index is 12.6. The second-order valence-corrected chi connectivity index (χ2v) is 6.78. The monoisotopic (exact) mass is 414 g/mol. The number of hydrogen-bond donors (Lipinski definition) is 2. The van der Waals surface area contributed by atoms with Crippen LogP contribution in [0.4, 0.5) is 0 Å². The molecule has 1 aromatic carbocycles. The van der Waals surface area contributed by atoms with Gasteiger partial charge in [-0.2, -0.15) is 0 Å². The first kappa shape index (κ1) is 14.6. The van der Waals surface area contributed by atoms with E-state index in [1.165, 1.54) is 4.90 Å². The van der Waals surface area contributed by atoms with Crippen LogP contribution < -0.4 is 0 Å². The molecule has 7 heteroatoms. The molecule has 0 spiro atoms. The molecular weight excluding hydrogens is 404 g/mol. The molecule has 21 heavy (non-hydrogen) atoms. The van der Waals surface area contributed by atoms with Crippen molar-refractivity contribution in [2.24, 2.45) is 0 Å². The Balaban J connectivity index is 2.00. The van der Waals surface area contributed by atoms with Crippen LogP contribution in [0.2, 0.25) is 0 Å². The summed E-state index contributed by atoms with van der Waals surface area (Å²) in [7, 11) is 0. The Kier molecular flexibility index (Phi) is 3.79. The zero-order valence-corrected chi connectivity index (χ0v) is 14.1. The lowest BCUT2D eigenvalue weighted by Crippen LogP contribution is -2.37. The van der Waals surface area contributed by atoms with Gasteiger partial charge in [-0.15, -0.1) is 0 Å². The Bertz CT molecular complexity index is 737. The number of rotatable bonds is 4. The van der Waals surface area contributed by atoms with Crippen molar-refractivity contribution in [3.8, 4) is 0 Å². The topological polar surface area (TPSA) is 73.4 Å². The van der Waals surface area contributed by atoms with Gasteiger partial charge in [0.25, 0.3) is 5.91 Å². The summed E-state index contributed by atoms with van der Waals surface area (Å²) in [4.78, 5) is 28.1. The van der Waals surface area contributed by atoms with Crippen LogP contribution in [0.25, 0.3) is 10.9 Å². The van der Waals surface area contributed by atoms with E-state index in [-0.39, 0.29) is 18.5 Å². The van der Waals surface area contributed by atoms with Crippen molar-refractivity contribution in [1.29, 1.82) is 0 Å². The van der Waals surface area contributed by atoms with E-state index in [1.54, 1.807) is 6.20 Å². The molecule has 0 unspecified atom stereocenters. The third-order valence-electron chi connectivity index (χ3n) is 3.51. The first-order valence-electron chi connectivity index (χ1n) is 6.46. The predicted octanol–water partition coefficient (Wildman–Crippen LogP) is 3.38. The van der Waals surface area contributed by atoms with Crippen LogP contribution in [-0.4, -0.2) is 39.5 Å². The first-order chi connectivity index (χ1) is 9.97. The lowest BCUT2D eigenvalue weighted by atomic mass is 10.1. The van der Waals surface area contributed by atoms with Gasteiger partial charge in [0.1, 0.15) is 6.54 Å². The molecule has 1 heterocycles. The lowest BCUT2D eigenvalue weighted by molar-refractivity contribution is -0.137. The van der Waals surface area contributed by atoms with Crippen LogP contribution in [0.15, 0.2) is 27.3 Å². The molecule has 1 aliphatic rings. The van der Waals surface area contributed by atoms with E-state index in [9.17, 15) is 9.59 Å². The summed E-state index contributed by atoms with van der Waals surface area (Å²) < 4.78 is 1.74. The molecule has 0 bridgehead atoms. The van der Waals surface area contributed by atoms with E-state index >= 15 is 0 Å². The van der Waals surface area contributed by atoms with E-state index in [2.05, 4.69) is 36.8 Å². The molecule has 2 aromatic rings. The Morgan fingerprint density at radius 2 is 1.95 bits per heavy atom. The van der Waals surface area contributed by atoms with Crippen molar-refractivity contribution in [2.45, 2.75) is 18.9 Å². The Labute approximate surface area is 137 Å². The molecule has 1 aliphatic carbocycles. The van der Waals surface area contributed by atoms with Gasteiger partial charge in [0, 0.05) is 32.1 Å². The smallest absolute Gasteiger partial charge is 0.323 e. The minimum Gasteiger partial charge on any atom is -0.480 e. The van der Waals surface area contributed by atoms with Crippen molar-refractivity contribution in [1.82, 2.24) is 9.88 Å². The molecule has 0 saturated heterocycles. The number of hydrogen-bond acceptors (Lipinski definition) is 2. The number of benzene rings is 1. The third kappa shape index (κ3) is 2.85. The number of nitrogens with one attached hydrogen (secondary N) is 1. The van der Waals surface area contributed by atoms with Crippen molar-refractivity contribution >= 4 is 54.6 Å². The summed E-state index contributed by atoms with van der Waals surface area (Å²) in [6.45, 7) is -0.256. The number of halogens is 2. The number of amides is 1. The molecule has 1 aromatic heterocycles. The van der Waals surface area contributed by atoms with E-state index in [4.69, 9.17) is 5.11 Å². The van der Waals surface area contributed by atoms with E-state index in [0.717, 1.165) is 32.7 Å². The highest BCUT2D eigenvalue weighted by Crippen LogP contribution is 2.33. The second kappa shape index (κ2) is 5.46. The Morgan fingerprint density at radius 1 is 1.29 bits per heavy atom. The quantitative estimate of drug-likeness (QED) is 0.803. The Morgan fingerprint density at radius 3 is 2.57 bits per heavy atom. The van der Waals surface area contributed by atoms with Gasteiger partial charge in [0.05, 0.1) is 5.56 Å². The summed E-state index contributed by atoms with van der Waals surface area (Å²) >= 11 is 6.84. The molecule has 5 nitrogen and oxygen atoms in total. The number of fused-ring (bicyclic) bond motifs is 1. The minimum atomic E-state index is -0.987. The van der Waals surface area contributed by atoms with Gasteiger partial charge in [-0.25, -0.2) is 0 Å². The average molecular weight is 416 g/mol. The number of carboxylic acid groups (broad SMARTS) is 1. The zero-order chi connectivity index (χ0) is 15.1. The van der Waals surface area contributed by atoms with Crippen LogP contribution in [-0.2, 0) is 4.79 Å². The minimum absolute atomic E-state index is 0.0532. The number of aliphatic carboxylic acids is 1. The fourth-order valence-corrected chi connectivity index (χ4v) is 3.03. The van der Waals surface area contributed by atoms with Gasteiger partial charge >= 0.3 is 5.97 Å². The third-order valence-corrected chi connectivity index (χ3v) is 5.35. The van der Waals surface area contributed by atoms with Crippen LogP contribution in [0.1, 0.15) is 23.2 Å². The molecule has 2 N–H and O–H groups in total. The highest BCUT2D eigenvalue weighted by atomic mass is 79.9. The predicted molar refractivity (Wildman–Crippen MR) is 85.4 cm³/mol. The maximum Gasteiger partial charge on any atom is 0.323 e. The fourth-order valence-electron chi connectivity index (χ4n) is 2.35. The van der Waals surface area contributed by atoms with Crippen molar-refractivity contribution in [3.63, 3.8) is 0 Å². The Hall–Kier alpha value is -1.34. The van der Waals surface area contributed by atoms with Crippen LogP contribution in [0.5, 0.6) is 0 Å². The maximum atomic E-state index is 12.6. The summed E-state index contributed by atoms with van der Waals surface area (Å²) in [5.74, 6) is -1.22. The summed E-state index contributed by atoms with van der Waals surface area (Å²) in [6.07, 6.45) is 3.39. The van der Waals surface area contributed by atoms with Gasteiger partial charge < -0.3 is 15.0 Å². The van der Waals surface area contributed by atoms with E-state index in [0.29, 0.717) is 5.56 Å². The molecule has 1 amide bonds. The number of aromatic amines is 1. The standard InChI is InChI=1S/C14H12Br2N2O3/c15-10-3-8-9(5-17-12(8)4-11(10)16)14(21)18(6-13(19)20)7-1-2-7/h3-5,7,17H,1-2,6H2,(H,19,20). The molecule has 3 rings (SSSR count). The van der Waals surface area contributed by atoms with Crippen molar-refractivity contribution < 1.29 is 14.7 Å². The number of aromatic nitrogens is 1. The largest absolute Gasteiger partial charge is 0.480 e. The molecule has 0 aliphatic heterocycles. The molecular formula is C14H12Br2N2O3. The summed E-state index contributed by atoms with van der Waals surface area (Å²) in [5.41, 5.74) is 1.34. The van der Waals surface area contributed by atoms with Crippen molar-refractivity contribution in [3.05, 3.63) is 32.8 Å².